The molecule has 0 spiro atoms. The molecular weight excluding hydrogens is 192 g/mol. The summed E-state index contributed by atoms with van der Waals surface area (Å²) >= 11 is 0. The third kappa shape index (κ3) is 1.69. The highest BCUT2D eigenvalue weighted by Crippen LogP contribution is 1.99. The maximum Gasteiger partial charge on any atom is 0.266 e. The van der Waals surface area contributed by atoms with Gasteiger partial charge in [-0.2, -0.15) is 0 Å². The first-order chi connectivity index (χ1) is 7.33. The number of carbonyl (C=O) groups is 1. The third-order valence-electron chi connectivity index (χ3n) is 2.00. The van der Waals surface area contributed by atoms with Crippen LogP contribution in [0.15, 0.2) is 47.5 Å². The van der Waals surface area contributed by atoms with Crippen LogP contribution in [0.4, 0.5) is 0 Å². The number of nitrogens with zero attached hydrogens (tertiary/aromatic N) is 2. The number of rotatable bonds is 2. The average molecular weight is 200 g/mol. The van der Waals surface area contributed by atoms with Crippen LogP contribution in [0.5, 0.6) is 0 Å². The van der Waals surface area contributed by atoms with Gasteiger partial charge in [0.1, 0.15) is 5.82 Å². The van der Waals surface area contributed by atoms with Crippen molar-refractivity contribution in [2.24, 2.45) is 0 Å². The van der Waals surface area contributed by atoms with Crippen molar-refractivity contribution in [1.29, 1.82) is 0 Å². The van der Waals surface area contributed by atoms with Gasteiger partial charge in [-0.1, -0.05) is 6.07 Å². The van der Waals surface area contributed by atoms with Crippen LogP contribution < -0.4 is 5.56 Å². The van der Waals surface area contributed by atoms with Gasteiger partial charge in [0.2, 0.25) is 0 Å². The van der Waals surface area contributed by atoms with Crippen LogP contribution in [-0.4, -0.2) is 15.8 Å². The van der Waals surface area contributed by atoms with Gasteiger partial charge >= 0.3 is 0 Å². The van der Waals surface area contributed by atoms with Gasteiger partial charge in [0, 0.05) is 12.4 Å². The van der Waals surface area contributed by atoms with Gasteiger partial charge in [0.15, 0.2) is 6.29 Å². The number of hydrogen-bond donors (Lipinski definition) is 0. The smallest absolute Gasteiger partial charge is 0.266 e. The van der Waals surface area contributed by atoms with E-state index >= 15 is 0 Å². The quantitative estimate of drug-likeness (QED) is 0.681. The summed E-state index contributed by atoms with van der Waals surface area (Å²) in [7, 11) is 0. The van der Waals surface area contributed by atoms with E-state index in [-0.39, 0.29) is 11.1 Å². The molecule has 0 N–H and O–H groups in total. The monoisotopic (exact) mass is 200 g/mol. The Kier molecular flexibility index (Phi) is 2.41. The Labute approximate surface area is 85.8 Å². The second-order valence-electron chi connectivity index (χ2n) is 2.94. The first kappa shape index (κ1) is 9.33. The Morgan fingerprint density at radius 3 is 2.73 bits per heavy atom. The van der Waals surface area contributed by atoms with Gasteiger partial charge in [0.05, 0.1) is 5.56 Å². The lowest BCUT2D eigenvalue weighted by molar-refractivity contribution is 0.112. The van der Waals surface area contributed by atoms with E-state index < -0.39 is 0 Å². The summed E-state index contributed by atoms with van der Waals surface area (Å²) in [4.78, 5) is 26.3. The molecule has 0 atom stereocenters. The predicted molar refractivity (Wildman–Crippen MR) is 55.2 cm³/mol. The summed E-state index contributed by atoms with van der Waals surface area (Å²) in [5, 5.41) is 0. The second kappa shape index (κ2) is 3.88. The molecule has 0 unspecified atom stereocenters. The molecule has 4 nitrogen and oxygen atoms in total. The van der Waals surface area contributed by atoms with Crippen molar-refractivity contribution in [2.75, 3.05) is 0 Å². The molecule has 0 radical (unpaired) electrons. The SMILES string of the molecule is O=Cc1cccn(-c2ccccn2)c1=O. The van der Waals surface area contributed by atoms with E-state index in [1.807, 2.05) is 0 Å². The molecule has 2 heterocycles. The molecule has 4 heteroatoms. The Morgan fingerprint density at radius 1 is 1.20 bits per heavy atom. The highest BCUT2D eigenvalue weighted by Gasteiger charge is 2.03. The molecule has 0 saturated heterocycles. The van der Waals surface area contributed by atoms with Gasteiger partial charge in [-0.3, -0.25) is 14.2 Å². The number of carbonyl (C=O) groups excluding carboxylic acids is 1. The largest absolute Gasteiger partial charge is 0.298 e. The van der Waals surface area contributed by atoms with Gasteiger partial charge in [-0.25, -0.2) is 4.98 Å². The average Bonchev–Trinajstić information content (AvgIpc) is 2.30. The van der Waals surface area contributed by atoms with Crippen molar-refractivity contribution in [2.45, 2.75) is 0 Å². The molecule has 15 heavy (non-hydrogen) atoms. The molecule has 0 aliphatic rings. The minimum Gasteiger partial charge on any atom is -0.298 e. The molecule has 0 aliphatic heterocycles. The van der Waals surface area contributed by atoms with Crippen LogP contribution in [0.2, 0.25) is 0 Å². The van der Waals surface area contributed by atoms with E-state index in [9.17, 15) is 9.59 Å². The Hall–Kier alpha value is -2.23. The lowest BCUT2D eigenvalue weighted by Crippen LogP contribution is -2.21. The first-order valence-corrected chi connectivity index (χ1v) is 4.41. The van der Waals surface area contributed by atoms with Gasteiger partial charge in [-0.15, -0.1) is 0 Å². The Balaban J connectivity index is 2.65. The second-order valence-corrected chi connectivity index (χ2v) is 2.94. The highest BCUT2D eigenvalue weighted by molar-refractivity contribution is 5.73. The van der Waals surface area contributed by atoms with Gasteiger partial charge < -0.3 is 0 Å². The van der Waals surface area contributed by atoms with Crippen LogP contribution in [0.25, 0.3) is 5.82 Å². The molecule has 74 valence electrons. The van der Waals surface area contributed by atoms with Crippen LogP contribution in [0.1, 0.15) is 10.4 Å². The first-order valence-electron chi connectivity index (χ1n) is 4.41. The topological polar surface area (TPSA) is 52.0 Å². The molecular formula is C11H8N2O2. The summed E-state index contributed by atoms with van der Waals surface area (Å²) in [6.45, 7) is 0. The molecule has 0 saturated carbocycles. The van der Waals surface area contributed by atoms with E-state index in [1.54, 1.807) is 36.7 Å². The van der Waals surface area contributed by atoms with Crippen LogP contribution in [0, 0.1) is 0 Å². The standard InChI is InChI=1S/C11H8N2O2/c14-8-9-4-3-7-13(11(9)15)10-5-1-2-6-12-10/h1-8H. The molecule has 0 aromatic carbocycles. The number of aldehydes is 1. The summed E-state index contributed by atoms with van der Waals surface area (Å²) in [5.74, 6) is 0.506. The number of aromatic nitrogens is 2. The number of hydrogen-bond acceptors (Lipinski definition) is 3. The van der Waals surface area contributed by atoms with Crippen molar-refractivity contribution in [1.82, 2.24) is 9.55 Å². The minimum atomic E-state index is -0.355. The third-order valence-corrected chi connectivity index (χ3v) is 2.00. The fourth-order valence-electron chi connectivity index (χ4n) is 1.28. The van der Waals surface area contributed by atoms with Gasteiger partial charge in [-0.05, 0) is 24.3 Å². The van der Waals surface area contributed by atoms with Crippen molar-refractivity contribution in [3.8, 4) is 5.82 Å². The summed E-state index contributed by atoms with van der Waals surface area (Å²) in [6.07, 6.45) is 3.72. The maximum absolute atomic E-state index is 11.7. The molecule has 2 aromatic heterocycles. The molecule has 0 amide bonds. The Bertz CT molecular complexity index is 532. The minimum absolute atomic E-state index is 0.128. The van der Waals surface area contributed by atoms with E-state index in [0.717, 1.165) is 0 Å². The zero-order valence-electron chi connectivity index (χ0n) is 7.83. The summed E-state index contributed by atoms with van der Waals surface area (Å²) in [6, 6.07) is 8.37. The zero-order chi connectivity index (χ0) is 10.7. The molecule has 2 aromatic rings. The van der Waals surface area contributed by atoms with Crippen molar-refractivity contribution in [3.05, 3.63) is 58.6 Å². The summed E-state index contributed by atoms with van der Waals surface area (Å²) < 4.78 is 1.34. The van der Waals surface area contributed by atoms with Crippen molar-refractivity contribution >= 4 is 6.29 Å². The molecule has 0 bridgehead atoms. The predicted octanol–water partition coefficient (Wildman–Crippen LogP) is 1.04. The zero-order valence-corrected chi connectivity index (χ0v) is 7.83. The molecule has 0 fully saturated rings. The fourth-order valence-corrected chi connectivity index (χ4v) is 1.28. The fraction of sp³-hybridized carbons (Fsp3) is 0. The number of pyridine rings is 2. The lowest BCUT2D eigenvalue weighted by Gasteiger charge is -2.03. The van der Waals surface area contributed by atoms with E-state index in [4.69, 9.17) is 0 Å². The van der Waals surface area contributed by atoms with Crippen molar-refractivity contribution < 1.29 is 4.79 Å². The van der Waals surface area contributed by atoms with Crippen LogP contribution >= 0.6 is 0 Å². The highest BCUT2D eigenvalue weighted by atomic mass is 16.1. The van der Waals surface area contributed by atoms with E-state index in [2.05, 4.69) is 4.98 Å². The van der Waals surface area contributed by atoms with Crippen LogP contribution in [0.3, 0.4) is 0 Å². The Morgan fingerprint density at radius 2 is 2.07 bits per heavy atom. The van der Waals surface area contributed by atoms with Gasteiger partial charge in [0.25, 0.3) is 5.56 Å². The van der Waals surface area contributed by atoms with E-state index in [1.165, 1.54) is 10.6 Å². The summed E-state index contributed by atoms with van der Waals surface area (Å²) in [5.41, 5.74) is -0.227. The molecule has 0 aliphatic carbocycles. The molecule has 2 rings (SSSR count). The van der Waals surface area contributed by atoms with Crippen LogP contribution in [-0.2, 0) is 0 Å². The van der Waals surface area contributed by atoms with E-state index in [0.29, 0.717) is 12.1 Å². The maximum atomic E-state index is 11.7. The van der Waals surface area contributed by atoms with Crippen molar-refractivity contribution in [3.63, 3.8) is 0 Å². The normalized spacial score (nSPS) is 9.87. The lowest BCUT2D eigenvalue weighted by atomic mass is 10.3.